The number of ketones is 1. The molecule has 25 heavy (non-hydrogen) atoms. The highest BCUT2D eigenvalue weighted by Gasteiger charge is 2.15. The number of aryl methyl sites for hydroxylation is 1. The summed E-state index contributed by atoms with van der Waals surface area (Å²) in [5, 5.41) is 20.9. The molecule has 7 nitrogen and oxygen atoms in total. The second-order valence-electron chi connectivity index (χ2n) is 5.20. The van der Waals surface area contributed by atoms with E-state index in [-0.39, 0.29) is 24.8 Å². The Labute approximate surface area is 143 Å². The third-order valence-corrected chi connectivity index (χ3v) is 3.30. The molecule has 1 amide bonds. The third-order valence-electron chi connectivity index (χ3n) is 3.30. The van der Waals surface area contributed by atoms with Gasteiger partial charge >= 0.3 is 5.63 Å². The van der Waals surface area contributed by atoms with Gasteiger partial charge in [0.05, 0.1) is 6.61 Å². The van der Waals surface area contributed by atoms with Crippen molar-refractivity contribution < 1.29 is 24.2 Å². The number of hydrogen-bond donors (Lipinski definition) is 3. The minimum atomic E-state index is -0.900. The summed E-state index contributed by atoms with van der Waals surface area (Å²) in [4.78, 5) is 35.4. The lowest BCUT2D eigenvalue weighted by Crippen LogP contribution is -2.26. The molecule has 0 radical (unpaired) electrons. The first-order valence-electron chi connectivity index (χ1n) is 7.47. The molecule has 3 N–H and O–H groups in total. The quantitative estimate of drug-likeness (QED) is 0.537. The normalized spacial score (nSPS) is 10.8. The van der Waals surface area contributed by atoms with Gasteiger partial charge in [0.15, 0.2) is 5.78 Å². The molecule has 0 bridgehead atoms. The first-order valence-corrected chi connectivity index (χ1v) is 7.47. The van der Waals surface area contributed by atoms with Crippen LogP contribution >= 0.6 is 0 Å². The zero-order chi connectivity index (χ0) is 18.4. The molecule has 2 aromatic rings. The zero-order valence-corrected chi connectivity index (χ0v) is 13.5. The highest BCUT2D eigenvalue weighted by atomic mass is 16.4. The Morgan fingerprint density at radius 3 is 2.52 bits per heavy atom. The van der Waals surface area contributed by atoms with Crippen LogP contribution in [0.4, 0.5) is 0 Å². The third kappa shape index (κ3) is 4.65. The lowest BCUT2D eigenvalue weighted by Gasteiger charge is -2.03. The van der Waals surface area contributed by atoms with Gasteiger partial charge in [-0.3, -0.25) is 9.59 Å². The molecule has 0 saturated heterocycles. The molecule has 0 aliphatic heterocycles. The molecular weight excluding hydrogens is 326 g/mol. The number of benzene rings is 1. The van der Waals surface area contributed by atoms with Gasteiger partial charge in [-0.15, -0.1) is 0 Å². The van der Waals surface area contributed by atoms with Gasteiger partial charge in [0.1, 0.15) is 17.1 Å². The van der Waals surface area contributed by atoms with Gasteiger partial charge in [0.2, 0.25) is 0 Å². The number of allylic oxidation sites excluding steroid dienone is 1. The smallest absolute Gasteiger partial charge is 0.351 e. The summed E-state index contributed by atoms with van der Waals surface area (Å²) >= 11 is 0. The Hall–Kier alpha value is -3.19. The summed E-state index contributed by atoms with van der Waals surface area (Å²) in [5.41, 5.74) is -0.290. The van der Waals surface area contributed by atoms with Gasteiger partial charge in [-0.25, -0.2) is 4.79 Å². The molecule has 0 fully saturated rings. The molecule has 0 unspecified atom stereocenters. The van der Waals surface area contributed by atoms with Gasteiger partial charge < -0.3 is 19.9 Å². The van der Waals surface area contributed by atoms with Crippen LogP contribution in [0.25, 0.3) is 6.08 Å². The Kier molecular flexibility index (Phi) is 5.86. The maximum Gasteiger partial charge on any atom is 0.351 e. The molecule has 1 heterocycles. The van der Waals surface area contributed by atoms with Crippen LogP contribution in [0, 0.1) is 6.92 Å². The standard InChI is InChI=1S/C18H17NO6/c1-11-10-15(22)16(18(24)25-11)14(21)7-4-12-2-5-13(6-3-12)17(23)19-8-9-20/h2-7,10,20,22H,8-9H2,1H3,(H,19,23). The van der Waals surface area contributed by atoms with E-state index in [9.17, 15) is 19.5 Å². The van der Waals surface area contributed by atoms with Crippen LogP contribution in [0.3, 0.4) is 0 Å². The van der Waals surface area contributed by atoms with E-state index < -0.39 is 22.7 Å². The van der Waals surface area contributed by atoms with Crippen molar-refractivity contribution in [1.29, 1.82) is 0 Å². The number of carbonyl (C=O) groups is 2. The maximum absolute atomic E-state index is 12.1. The SMILES string of the molecule is Cc1cc(O)c(C(=O)C=Cc2ccc(C(=O)NCCO)cc2)c(=O)o1. The van der Waals surface area contributed by atoms with Crippen molar-refractivity contribution in [2.75, 3.05) is 13.2 Å². The van der Waals surface area contributed by atoms with Crippen LogP contribution in [0.5, 0.6) is 5.75 Å². The monoisotopic (exact) mass is 343 g/mol. The maximum atomic E-state index is 12.1. The number of amides is 1. The molecule has 0 saturated carbocycles. The number of nitrogens with one attached hydrogen (secondary N) is 1. The van der Waals surface area contributed by atoms with Crippen LogP contribution in [-0.4, -0.2) is 35.1 Å². The summed E-state index contributed by atoms with van der Waals surface area (Å²) in [6.07, 6.45) is 2.60. The summed E-state index contributed by atoms with van der Waals surface area (Å²) in [5.74, 6) is -1.23. The number of aliphatic hydroxyl groups excluding tert-OH is 1. The van der Waals surface area contributed by atoms with Crippen LogP contribution < -0.4 is 10.9 Å². The molecule has 0 spiro atoms. The molecule has 2 rings (SSSR count). The molecule has 1 aromatic carbocycles. The highest BCUT2D eigenvalue weighted by Crippen LogP contribution is 2.16. The number of aliphatic hydroxyl groups is 1. The zero-order valence-electron chi connectivity index (χ0n) is 13.5. The average Bonchev–Trinajstić information content (AvgIpc) is 2.57. The second kappa shape index (κ2) is 8.07. The van der Waals surface area contributed by atoms with E-state index in [2.05, 4.69) is 5.32 Å². The fourth-order valence-corrected chi connectivity index (χ4v) is 2.10. The molecular formula is C18H17NO6. The summed E-state index contributed by atoms with van der Waals surface area (Å²) in [6.45, 7) is 1.51. The second-order valence-corrected chi connectivity index (χ2v) is 5.20. The number of rotatable bonds is 6. The fraction of sp³-hybridized carbons (Fsp3) is 0.167. The predicted octanol–water partition coefficient (Wildman–Crippen LogP) is 1.27. The lowest BCUT2D eigenvalue weighted by atomic mass is 10.1. The van der Waals surface area contributed by atoms with E-state index in [1.54, 1.807) is 24.3 Å². The largest absolute Gasteiger partial charge is 0.507 e. The minimum absolute atomic E-state index is 0.144. The van der Waals surface area contributed by atoms with Crippen molar-refractivity contribution in [3.8, 4) is 5.75 Å². The topological polar surface area (TPSA) is 117 Å². The van der Waals surface area contributed by atoms with Gasteiger partial charge in [-0.2, -0.15) is 0 Å². The Morgan fingerprint density at radius 2 is 1.92 bits per heavy atom. The van der Waals surface area contributed by atoms with Crippen molar-refractivity contribution in [2.24, 2.45) is 0 Å². The van der Waals surface area contributed by atoms with Crippen LogP contribution in [0.1, 0.15) is 32.0 Å². The van der Waals surface area contributed by atoms with E-state index in [0.717, 1.165) is 6.08 Å². The Balaban J connectivity index is 2.13. The van der Waals surface area contributed by atoms with Crippen LogP contribution in [-0.2, 0) is 0 Å². The summed E-state index contributed by atoms with van der Waals surface area (Å²) in [7, 11) is 0. The van der Waals surface area contributed by atoms with Crippen molar-refractivity contribution in [3.05, 3.63) is 69.3 Å². The molecule has 130 valence electrons. The fourth-order valence-electron chi connectivity index (χ4n) is 2.10. The van der Waals surface area contributed by atoms with Gasteiger partial charge in [0, 0.05) is 18.2 Å². The Morgan fingerprint density at radius 1 is 1.24 bits per heavy atom. The minimum Gasteiger partial charge on any atom is -0.507 e. The summed E-state index contributed by atoms with van der Waals surface area (Å²) in [6, 6.07) is 7.57. The van der Waals surface area contributed by atoms with E-state index in [0.29, 0.717) is 11.1 Å². The Bertz CT molecular complexity index is 864. The van der Waals surface area contributed by atoms with E-state index in [4.69, 9.17) is 9.52 Å². The van der Waals surface area contributed by atoms with Crippen molar-refractivity contribution in [1.82, 2.24) is 5.32 Å². The highest BCUT2D eigenvalue weighted by molar-refractivity contribution is 6.08. The number of carbonyl (C=O) groups excluding carboxylic acids is 2. The van der Waals surface area contributed by atoms with E-state index >= 15 is 0 Å². The number of aromatic hydroxyl groups is 1. The van der Waals surface area contributed by atoms with Gasteiger partial charge in [-0.1, -0.05) is 18.2 Å². The average molecular weight is 343 g/mol. The first-order chi connectivity index (χ1) is 11.9. The van der Waals surface area contributed by atoms with Gasteiger partial charge in [0.25, 0.3) is 5.91 Å². The molecule has 1 aromatic heterocycles. The molecule has 0 atom stereocenters. The van der Waals surface area contributed by atoms with Crippen molar-refractivity contribution in [2.45, 2.75) is 6.92 Å². The van der Waals surface area contributed by atoms with Crippen LogP contribution in [0.2, 0.25) is 0 Å². The first kappa shape index (κ1) is 18.2. The molecule has 0 aliphatic rings. The molecule has 0 aliphatic carbocycles. The van der Waals surface area contributed by atoms with Crippen molar-refractivity contribution in [3.63, 3.8) is 0 Å². The van der Waals surface area contributed by atoms with E-state index in [1.165, 1.54) is 19.1 Å². The number of hydrogen-bond acceptors (Lipinski definition) is 6. The van der Waals surface area contributed by atoms with E-state index in [1.807, 2.05) is 0 Å². The van der Waals surface area contributed by atoms with Crippen LogP contribution in [0.15, 0.2) is 45.6 Å². The predicted molar refractivity (Wildman–Crippen MR) is 90.6 cm³/mol. The van der Waals surface area contributed by atoms with Gasteiger partial charge in [-0.05, 0) is 30.7 Å². The lowest BCUT2D eigenvalue weighted by molar-refractivity contribution is 0.0944. The molecule has 7 heteroatoms. The summed E-state index contributed by atoms with van der Waals surface area (Å²) < 4.78 is 4.80. The van der Waals surface area contributed by atoms with Crippen molar-refractivity contribution >= 4 is 17.8 Å².